The van der Waals surface area contributed by atoms with Crippen LogP contribution in [0.3, 0.4) is 0 Å². The molecule has 3 aromatic rings. The summed E-state index contributed by atoms with van der Waals surface area (Å²) in [6.45, 7) is 0.643. The van der Waals surface area contributed by atoms with Crippen molar-refractivity contribution in [3.05, 3.63) is 65.4 Å². The quantitative estimate of drug-likeness (QED) is 0.500. The van der Waals surface area contributed by atoms with Crippen LogP contribution in [0.15, 0.2) is 53.6 Å². The van der Waals surface area contributed by atoms with Crippen molar-refractivity contribution in [2.24, 2.45) is 5.10 Å². The molecule has 2 aromatic carbocycles. The highest BCUT2D eigenvalue weighted by Gasteiger charge is 2.26. The van der Waals surface area contributed by atoms with Gasteiger partial charge in [0.15, 0.2) is 0 Å². The average molecular weight is 348 g/mol. The monoisotopic (exact) mass is 348 g/mol. The summed E-state index contributed by atoms with van der Waals surface area (Å²) in [4.78, 5) is 15.9. The zero-order valence-corrected chi connectivity index (χ0v) is 14.5. The van der Waals surface area contributed by atoms with E-state index >= 15 is 0 Å². The van der Waals surface area contributed by atoms with Crippen LogP contribution in [0.5, 0.6) is 5.75 Å². The number of aromatic nitrogens is 1. The lowest BCUT2D eigenvalue weighted by Crippen LogP contribution is -2.46. The van der Waals surface area contributed by atoms with E-state index in [-0.39, 0.29) is 11.9 Å². The molecule has 1 aromatic heterocycles. The van der Waals surface area contributed by atoms with Crippen LogP contribution in [-0.2, 0) is 17.8 Å². The SMILES string of the molecule is COc1ccc(/C=N/NC(=O)[C@@H]2Cc3c([nH]c4ccccc34)CN2)cc1. The van der Waals surface area contributed by atoms with Crippen molar-refractivity contribution in [1.29, 1.82) is 0 Å². The fraction of sp³-hybridized carbons (Fsp3) is 0.200. The Labute approximate surface area is 151 Å². The molecule has 6 nitrogen and oxygen atoms in total. The second-order valence-electron chi connectivity index (χ2n) is 6.27. The molecule has 0 fully saturated rings. The van der Waals surface area contributed by atoms with E-state index in [2.05, 4.69) is 33.0 Å². The van der Waals surface area contributed by atoms with Crippen LogP contribution in [-0.4, -0.2) is 30.3 Å². The number of hydrogen-bond donors (Lipinski definition) is 3. The number of carbonyl (C=O) groups is 1. The van der Waals surface area contributed by atoms with Crippen molar-refractivity contribution in [3.63, 3.8) is 0 Å². The van der Waals surface area contributed by atoms with Crippen LogP contribution >= 0.6 is 0 Å². The predicted octanol–water partition coefficient (Wildman–Crippen LogP) is 2.34. The number of rotatable bonds is 4. The molecule has 0 spiro atoms. The van der Waals surface area contributed by atoms with Gasteiger partial charge in [-0.15, -0.1) is 0 Å². The van der Waals surface area contributed by atoms with Crippen LogP contribution in [0.25, 0.3) is 10.9 Å². The summed E-state index contributed by atoms with van der Waals surface area (Å²) < 4.78 is 5.12. The van der Waals surface area contributed by atoms with Crippen LogP contribution in [0, 0.1) is 0 Å². The predicted molar refractivity (Wildman–Crippen MR) is 101 cm³/mol. The number of methoxy groups -OCH3 is 1. The van der Waals surface area contributed by atoms with Gasteiger partial charge >= 0.3 is 0 Å². The average Bonchev–Trinajstić information content (AvgIpc) is 3.06. The Kier molecular flexibility index (Phi) is 4.41. The standard InChI is InChI=1S/C20H20N4O2/c1-26-14-8-6-13(7-9-14)11-22-24-20(25)18-10-16-15-4-2-3-5-17(15)23-19(16)12-21-18/h2-9,11,18,21,23H,10,12H2,1H3,(H,24,25)/b22-11+/t18-/m0/s1. The first-order chi connectivity index (χ1) is 12.7. The molecule has 3 N–H and O–H groups in total. The largest absolute Gasteiger partial charge is 0.497 e. The Bertz CT molecular complexity index is 960. The molecule has 132 valence electrons. The molecule has 26 heavy (non-hydrogen) atoms. The number of carbonyl (C=O) groups excluding carboxylic acids is 1. The topological polar surface area (TPSA) is 78.5 Å². The van der Waals surface area contributed by atoms with Gasteiger partial charge in [0, 0.05) is 23.1 Å². The van der Waals surface area contributed by atoms with E-state index in [0.717, 1.165) is 22.5 Å². The Morgan fingerprint density at radius 1 is 1.23 bits per heavy atom. The van der Waals surface area contributed by atoms with Crippen LogP contribution in [0.2, 0.25) is 0 Å². The molecular weight excluding hydrogens is 328 g/mol. The maximum Gasteiger partial charge on any atom is 0.257 e. The van der Waals surface area contributed by atoms with E-state index in [1.165, 1.54) is 10.9 Å². The maximum atomic E-state index is 12.4. The van der Waals surface area contributed by atoms with Gasteiger partial charge in [-0.05, 0) is 47.9 Å². The minimum Gasteiger partial charge on any atom is -0.497 e. The van der Waals surface area contributed by atoms with Crippen LogP contribution in [0.4, 0.5) is 0 Å². The summed E-state index contributed by atoms with van der Waals surface area (Å²) in [5, 5.41) is 8.51. The highest BCUT2D eigenvalue weighted by molar-refractivity contribution is 5.88. The lowest BCUT2D eigenvalue weighted by Gasteiger charge is -2.22. The van der Waals surface area contributed by atoms with Crippen molar-refractivity contribution in [2.45, 2.75) is 19.0 Å². The molecule has 1 atom stereocenters. The van der Waals surface area contributed by atoms with Gasteiger partial charge in [-0.25, -0.2) is 5.43 Å². The zero-order valence-electron chi connectivity index (χ0n) is 14.5. The zero-order chi connectivity index (χ0) is 17.9. The number of H-pyrrole nitrogens is 1. The minimum absolute atomic E-state index is 0.134. The molecule has 0 aliphatic carbocycles. The lowest BCUT2D eigenvalue weighted by atomic mass is 9.98. The summed E-state index contributed by atoms with van der Waals surface area (Å²) in [7, 11) is 1.62. The van der Waals surface area contributed by atoms with Crippen molar-refractivity contribution in [3.8, 4) is 5.75 Å². The van der Waals surface area contributed by atoms with E-state index in [9.17, 15) is 4.79 Å². The summed E-state index contributed by atoms with van der Waals surface area (Å²) in [6.07, 6.45) is 2.26. The summed E-state index contributed by atoms with van der Waals surface area (Å²) in [6, 6.07) is 15.3. The van der Waals surface area contributed by atoms with Gasteiger partial charge in [0.1, 0.15) is 5.75 Å². The Morgan fingerprint density at radius 2 is 2.04 bits per heavy atom. The van der Waals surface area contributed by atoms with E-state index in [1.807, 2.05) is 36.4 Å². The van der Waals surface area contributed by atoms with Gasteiger partial charge in [-0.1, -0.05) is 18.2 Å². The first-order valence-electron chi connectivity index (χ1n) is 8.53. The molecule has 1 aliphatic heterocycles. The third-order valence-corrected chi connectivity index (χ3v) is 4.66. The number of para-hydroxylation sites is 1. The summed E-state index contributed by atoms with van der Waals surface area (Å²) >= 11 is 0. The number of amides is 1. The molecule has 0 unspecified atom stereocenters. The second-order valence-corrected chi connectivity index (χ2v) is 6.27. The molecule has 2 heterocycles. The number of hydrazone groups is 1. The summed E-state index contributed by atoms with van der Waals surface area (Å²) in [5.41, 5.74) is 6.98. The molecule has 0 saturated heterocycles. The van der Waals surface area contributed by atoms with E-state index in [4.69, 9.17) is 4.74 Å². The molecule has 6 heteroatoms. The van der Waals surface area contributed by atoms with Crippen LogP contribution in [0.1, 0.15) is 16.8 Å². The molecule has 0 bridgehead atoms. The molecule has 0 radical (unpaired) electrons. The van der Waals surface area contributed by atoms with Gasteiger partial charge in [0.25, 0.3) is 5.91 Å². The van der Waals surface area contributed by atoms with Crippen LogP contribution < -0.4 is 15.5 Å². The normalized spacial score (nSPS) is 16.6. The summed E-state index contributed by atoms with van der Waals surface area (Å²) in [5.74, 6) is 0.651. The number of aromatic amines is 1. The smallest absolute Gasteiger partial charge is 0.257 e. The molecule has 1 aliphatic rings. The van der Waals surface area contributed by atoms with Gasteiger partial charge in [-0.3, -0.25) is 10.1 Å². The first-order valence-corrected chi connectivity index (χ1v) is 8.53. The van der Waals surface area contributed by atoms with E-state index in [0.29, 0.717) is 13.0 Å². The maximum absolute atomic E-state index is 12.4. The number of hydrogen-bond acceptors (Lipinski definition) is 4. The van der Waals surface area contributed by atoms with E-state index < -0.39 is 0 Å². The molecule has 0 saturated carbocycles. The Hall–Kier alpha value is -3.12. The van der Waals surface area contributed by atoms with Gasteiger partial charge < -0.3 is 9.72 Å². The number of nitrogens with zero attached hydrogens (tertiary/aromatic N) is 1. The number of nitrogens with one attached hydrogen (secondary N) is 3. The second kappa shape index (κ2) is 7.01. The number of benzene rings is 2. The lowest BCUT2D eigenvalue weighted by molar-refractivity contribution is -0.123. The third-order valence-electron chi connectivity index (χ3n) is 4.66. The van der Waals surface area contributed by atoms with Gasteiger partial charge in [0.2, 0.25) is 0 Å². The van der Waals surface area contributed by atoms with Gasteiger partial charge in [-0.2, -0.15) is 5.10 Å². The minimum atomic E-state index is -0.297. The van der Waals surface area contributed by atoms with Crippen molar-refractivity contribution >= 4 is 23.0 Å². The number of fused-ring (bicyclic) bond motifs is 3. The molecular formula is C20H20N4O2. The third kappa shape index (κ3) is 3.19. The van der Waals surface area contributed by atoms with Gasteiger partial charge in [0.05, 0.1) is 19.4 Å². The van der Waals surface area contributed by atoms with Crippen molar-refractivity contribution in [2.75, 3.05) is 7.11 Å². The highest BCUT2D eigenvalue weighted by atomic mass is 16.5. The highest BCUT2D eigenvalue weighted by Crippen LogP contribution is 2.26. The fourth-order valence-electron chi connectivity index (χ4n) is 3.27. The van der Waals surface area contributed by atoms with Crippen molar-refractivity contribution < 1.29 is 9.53 Å². The Morgan fingerprint density at radius 3 is 2.85 bits per heavy atom. The molecule has 4 rings (SSSR count). The van der Waals surface area contributed by atoms with E-state index in [1.54, 1.807) is 13.3 Å². The first kappa shape index (κ1) is 16.4. The fourth-order valence-corrected chi connectivity index (χ4v) is 3.27. The Balaban J connectivity index is 1.41. The molecule has 1 amide bonds. The van der Waals surface area contributed by atoms with Crippen molar-refractivity contribution in [1.82, 2.24) is 15.7 Å². The number of ether oxygens (including phenoxy) is 1.